The lowest BCUT2D eigenvalue weighted by Crippen LogP contribution is -2.36. The predicted octanol–water partition coefficient (Wildman–Crippen LogP) is 0.597. The van der Waals surface area contributed by atoms with E-state index in [9.17, 15) is 0 Å². The van der Waals surface area contributed by atoms with E-state index in [1.54, 1.807) is 0 Å². The van der Waals surface area contributed by atoms with Crippen molar-refractivity contribution in [1.82, 2.24) is 0 Å². The predicted molar refractivity (Wildman–Crippen MR) is 33.7 cm³/mol. The Bertz CT molecular complexity index is 74.5. The van der Waals surface area contributed by atoms with Gasteiger partial charge in [-0.05, 0) is 12.1 Å². The van der Waals surface area contributed by atoms with Gasteiger partial charge < -0.3 is 9.59 Å². The molecule has 1 fully saturated rings. The van der Waals surface area contributed by atoms with Gasteiger partial charge in [-0.2, -0.15) is 0 Å². The maximum atomic E-state index is 9.07. The molecule has 2 nitrogen and oxygen atoms in total. The second-order valence-electron chi connectivity index (χ2n) is 2.54. The summed E-state index contributed by atoms with van der Waals surface area (Å²) in [5.41, 5.74) is 0. The molecule has 0 aliphatic carbocycles. The SMILES string of the molecule is O[Si]1(O)CCCCC1. The van der Waals surface area contributed by atoms with Gasteiger partial charge in [0.15, 0.2) is 0 Å². The van der Waals surface area contributed by atoms with Crippen LogP contribution in [-0.2, 0) is 0 Å². The van der Waals surface area contributed by atoms with E-state index in [0.717, 1.165) is 12.8 Å². The van der Waals surface area contributed by atoms with Gasteiger partial charge >= 0.3 is 8.56 Å². The second-order valence-corrected chi connectivity index (χ2v) is 5.51. The van der Waals surface area contributed by atoms with Crippen LogP contribution in [0.3, 0.4) is 0 Å². The van der Waals surface area contributed by atoms with E-state index in [0.29, 0.717) is 12.1 Å². The molecule has 0 aromatic rings. The highest BCUT2D eigenvalue weighted by Crippen LogP contribution is 2.23. The minimum atomic E-state index is -2.59. The fourth-order valence-corrected chi connectivity index (χ4v) is 3.00. The maximum Gasteiger partial charge on any atom is 0.332 e. The Balaban J connectivity index is 2.33. The third-order valence-corrected chi connectivity index (χ3v) is 3.96. The van der Waals surface area contributed by atoms with E-state index in [2.05, 4.69) is 0 Å². The number of rotatable bonds is 0. The highest BCUT2D eigenvalue weighted by Gasteiger charge is 2.30. The lowest BCUT2D eigenvalue weighted by atomic mass is 10.3. The Morgan fingerprint density at radius 2 is 1.38 bits per heavy atom. The van der Waals surface area contributed by atoms with Crippen LogP contribution in [0.5, 0.6) is 0 Å². The molecule has 0 bridgehead atoms. The van der Waals surface area contributed by atoms with Gasteiger partial charge in [-0.15, -0.1) is 0 Å². The summed E-state index contributed by atoms with van der Waals surface area (Å²) in [5, 5.41) is 0. The van der Waals surface area contributed by atoms with Gasteiger partial charge in [0.1, 0.15) is 0 Å². The minimum Gasteiger partial charge on any atom is -0.411 e. The molecular weight excluding hydrogens is 120 g/mol. The van der Waals surface area contributed by atoms with E-state index in [1.165, 1.54) is 6.42 Å². The number of hydrogen-bond donors (Lipinski definition) is 2. The largest absolute Gasteiger partial charge is 0.411 e. The van der Waals surface area contributed by atoms with Gasteiger partial charge in [-0.1, -0.05) is 19.3 Å². The smallest absolute Gasteiger partial charge is 0.332 e. The van der Waals surface area contributed by atoms with Crippen LogP contribution in [0.2, 0.25) is 12.1 Å². The molecule has 1 aliphatic heterocycles. The zero-order chi connectivity index (χ0) is 6.04. The molecule has 1 rings (SSSR count). The van der Waals surface area contributed by atoms with E-state index >= 15 is 0 Å². The van der Waals surface area contributed by atoms with Gasteiger partial charge in [0, 0.05) is 0 Å². The van der Waals surface area contributed by atoms with Crippen LogP contribution in [0.15, 0.2) is 0 Å². The molecule has 0 amide bonds. The highest BCUT2D eigenvalue weighted by molar-refractivity contribution is 6.64. The quantitative estimate of drug-likeness (QED) is 0.474. The van der Waals surface area contributed by atoms with Gasteiger partial charge in [0.25, 0.3) is 0 Å². The monoisotopic (exact) mass is 132 g/mol. The lowest BCUT2D eigenvalue weighted by molar-refractivity contribution is 0.340. The molecule has 8 heavy (non-hydrogen) atoms. The van der Waals surface area contributed by atoms with Crippen LogP contribution in [0.4, 0.5) is 0 Å². The summed E-state index contributed by atoms with van der Waals surface area (Å²) in [6.07, 6.45) is 3.24. The standard InChI is InChI=1S/C5H12O2Si/c6-8(7)4-2-1-3-5-8/h6-7H,1-5H2. The van der Waals surface area contributed by atoms with Crippen molar-refractivity contribution in [3.8, 4) is 0 Å². The van der Waals surface area contributed by atoms with Crippen molar-refractivity contribution in [1.29, 1.82) is 0 Å². The molecule has 1 heterocycles. The van der Waals surface area contributed by atoms with E-state index < -0.39 is 8.56 Å². The molecule has 3 heteroatoms. The molecule has 48 valence electrons. The van der Waals surface area contributed by atoms with Gasteiger partial charge in [-0.3, -0.25) is 0 Å². The summed E-state index contributed by atoms with van der Waals surface area (Å²) >= 11 is 0. The van der Waals surface area contributed by atoms with Crippen LogP contribution in [0.1, 0.15) is 19.3 Å². The van der Waals surface area contributed by atoms with Crippen LogP contribution < -0.4 is 0 Å². The van der Waals surface area contributed by atoms with Crippen LogP contribution in [0.25, 0.3) is 0 Å². The Hall–Kier alpha value is 0.137. The normalized spacial score (nSPS) is 27.8. The first kappa shape index (κ1) is 6.26. The molecular formula is C5H12O2Si. The minimum absolute atomic E-state index is 0.701. The van der Waals surface area contributed by atoms with Crippen molar-refractivity contribution in [3.05, 3.63) is 0 Å². The van der Waals surface area contributed by atoms with Crippen molar-refractivity contribution in [2.24, 2.45) is 0 Å². The average molecular weight is 132 g/mol. The highest BCUT2D eigenvalue weighted by atomic mass is 28.4. The molecule has 0 saturated carbocycles. The first-order valence-electron chi connectivity index (χ1n) is 3.15. The summed E-state index contributed by atoms with van der Waals surface area (Å²) < 4.78 is 0. The zero-order valence-corrected chi connectivity index (χ0v) is 5.93. The summed E-state index contributed by atoms with van der Waals surface area (Å²) in [5.74, 6) is 0. The first-order valence-corrected chi connectivity index (χ1v) is 5.46. The van der Waals surface area contributed by atoms with E-state index in [1.807, 2.05) is 0 Å². The summed E-state index contributed by atoms with van der Waals surface area (Å²) in [6.45, 7) is 0. The molecule has 0 radical (unpaired) electrons. The van der Waals surface area contributed by atoms with Crippen molar-refractivity contribution < 1.29 is 9.59 Å². The van der Waals surface area contributed by atoms with Gasteiger partial charge in [-0.25, -0.2) is 0 Å². The van der Waals surface area contributed by atoms with Crippen molar-refractivity contribution >= 4 is 8.56 Å². The lowest BCUT2D eigenvalue weighted by Gasteiger charge is -2.21. The fourth-order valence-electron chi connectivity index (χ4n) is 1.12. The molecule has 0 aromatic heterocycles. The second kappa shape index (κ2) is 2.17. The molecule has 0 aromatic carbocycles. The van der Waals surface area contributed by atoms with Crippen LogP contribution >= 0.6 is 0 Å². The first-order chi connectivity index (χ1) is 3.71. The fraction of sp³-hybridized carbons (Fsp3) is 1.00. The summed E-state index contributed by atoms with van der Waals surface area (Å²) in [7, 11) is -2.59. The Morgan fingerprint density at radius 3 is 1.62 bits per heavy atom. The summed E-state index contributed by atoms with van der Waals surface area (Å²) in [4.78, 5) is 18.1. The Morgan fingerprint density at radius 1 is 0.875 bits per heavy atom. The van der Waals surface area contributed by atoms with Crippen molar-refractivity contribution in [2.45, 2.75) is 31.4 Å². The average Bonchev–Trinajstić information content (AvgIpc) is 1.65. The Labute approximate surface area is 50.4 Å². The number of hydrogen-bond acceptors (Lipinski definition) is 2. The Kier molecular flexibility index (Phi) is 1.70. The van der Waals surface area contributed by atoms with Crippen LogP contribution in [0, 0.1) is 0 Å². The molecule has 1 aliphatic rings. The third kappa shape index (κ3) is 1.58. The maximum absolute atomic E-state index is 9.07. The van der Waals surface area contributed by atoms with E-state index in [4.69, 9.17) is 9.59 Å². The van der Waals surface area contributed by atoms with Gasteiger partial charge in [0.2, 0.25) is 0 Å². The molecule has 2 N–H and O–H groups in total. The molecule has 0 spiro atoms. The van der Waals surface area contributed by atoms with Crippen molar-refractivity contribution in [2.75, 3.05) is 0 Å². The topological polar surface area (TPSA) is 40.5 Å². The van der Waals surface area contributed by atoms with Gasteiger partial charge in [0.05, 0.1) is 0 Å². The van der Waals surface area contributed by atoms with Crippen molar-refractivity contribution in [3.63, 3.8) is 0 Å². The van der Waals surface area contributed by atoms with E-state index in [-0.39, 0.29) is 0 Å². The third-order valence-electron chi connectivity index (χ3n) is 1.65. The molecule has 0 atom stereocenters. The molecule has 1 saturated heterocycles. The zero-order valence-electron chi connectivity index (χ0n) is 4.93. The molecule has 0 unspecified atom stereocenters. The van der Waals surface area contributed by atoms with Crippen LogP contribution in [-0.4, -0.2) is 18.2 Å². The summed E-state index contributed by atoms with van der Waals surface area (Å²) in [6, 6.07) is 1.40.